The van der Waals surface area contributed by atoms with Gasteiger partial charge in [0.15, 0.2) is 5.69 Å². The zero-order chi connectivity index (χ0) is 18.2. The largest absolute Gasteiger partial charge is 0.339 e. The Balaban J connectivity index is 1.78. The fourth-order valence-electron chi connectivity index (χ4n) is 3.09. The zero-order valence-corrected chi connectivity index (χ0v) is 16.3. The number of carbonyl (C=O) groups excluding carboxylic acids is 1. The van der Waals surface area contributed by atoms with Gasteiger partial charge in [0.1, 0.15) is 5.01 Å². The van der Waals surface area contributed by atoms with Crippen molar-refractivity contribution in [3.8, 4) is 0 Å². The lowest BCUT2D eigenvalue weighted by Gasteiger charge is -2.24. The van der Waals surface area contributed by atoms with E-state index in [1.165, 1.54) is 4.88 Å². The number of hydrogen-bond donors (Lipinski definition) is 2. The third kappa shape index (κ3) is 3.59. The number of amides is 1. The highest BCUT2D eigenvalue weighted by Crippen LogP contribution is 2.28. The minimum atomic E-state index is -0.550. The minimum Gasteiger partial charge on any atom is -0.339 e. The maximum atomic E-state index is 12.8. The Labute approximate surface area is 152 Å². The molecule has 1 amide bonds. The number of thiazole rings is 1. The number of carbonyl (C=O) groups is 1. The molecular weight excluding hydrogens is 336 g/mol. The molecule has 0 saturated carbocycles. The SMILES string of the molecule is Cc1nc(C(C)(C)NC(=O)c2nnn(C3CCNCC3)c2C)sc1C. The predicted molar refractivity (Wildman–Crippen MR) is 98.0 cm³/mol. The third-order valence-corrected chi connectivity index (χ3v) is 6.18. The van der Waals surface area contributed by atoms with E-state index in [1.807, 2.05) is 39.3 Å². The van der Waals surface area contributed by atoms with Crippen molar-refractivity contribution < 1.29 is 4.79 Å². The summed E-state index contributed by atoms with van der Waals surface area (Å²) in [7, 11) is 0. The van der Waals surface area contributed by atoms with Gasteiger partial charge in [-0.1, -0.05) is 5.21 Å². The van der Waals surface area contributed by atoms with Crippen LogP contribution in [-0.4, -0.2) is 39.0 Å². The quantitative estimate of drug-likeness (QED) is 0.871. The van der Waals surface area contributed by atoms with Gasteiger partial charge in [-0.2, -0.15) is 0 Å². The Morgan fingerprint density at radius 1 is 1.28 bits per heavy atom. The van der Waals surface area contributed by atoms with E-state index in [1.54, 1.807) is 11.3 Å². The number of aromatic nitrogens is 4. The molecule has 25 heavy (non-hydrogen) atoms. The summed E-state index contributed by atoms with van der Waals surface area (Å²) in [6.07, 6.45) is 2.02. The molecule has 0 aromatic carbocycles. The molecule has 3 heterocycles. The van der Waals surface area contributed by atoms with Crippen LogP contribution in [0.4, 0.5) is 0 Å². The first-order chi connectivity index (χ1) is 11.8. The monoisotopic (exact) mass is 362 g/mol. The predicted octanol–water partition coefficient (Wildman–Crippen LogP) is 2.25. The van der Waals surface area contributed by atoms with Gasteiger partial charge in [0, 0.05) is 4.88 Å². The van der Waals surface area contributed by atoms with Crippen molar-refractivity contribution >= 4 is 17.2 Å². The summed E-state index contributed by atoms with van der Waals surface area (Å²) in [5.41, 5.74) is 1.69. The lowest BCUT2D eigenvalue weighted by molar-refractivity contribution is 0.0906. The standard InChI is InChI=1S/C17H26N6OS/c1-10-12(3)25-16(19-10)17(4,5)20-15(24)14-11(2)23(22-21-14)13-6-8-18-9-7-13/h13,18H,6-9H2,1-5H3,(H,20,24). The van der Waals surface area contributed by atoms with E-state index in [9.17, 15) is 4.79 Å². The number of nitrogens with zero attached hydrogens (tertiary/aromatic N) is 4. The van der Waals surface area contributed by atoms with E-state index in [-0.39, 0.29) is 5.91 Å². The van der Waals surface area contributed by atoms with Crippen molar-refractivity contribution in [2.75, 3.05) is 13.1 Å². The minimum absolute atomic E-state index is 0.201. The van der Waals surface area contributed by atoms with Gasteiger partial charge in [-0.25, -0.2) is 9.67 Å². The Kier molecular flexibility index (Phi) is 4.92. The highest BCUT2D eigenvalue weighted by atomic mass is 32.1. The van der Waals surface area contributed by atoms with Gasteiger partial charge in [0.25, 0.3) is 5.91 Å². The van der Waals surface area contributed by atoms with Crippen LogP contribution in [0.25, 0.3) is 0 Å². The molecule has 1 aliphatic heterocycles. The molecule has 7 nitrogen and oxygen atoms in total. The van der Waals surface area contributed by atoms with Crippen LogP contribution in [0.3, 0.4) is 0 Å². The summed E-state index contributed by atoms with van der Waals surface area (Å²) in [5.74, 6) is -0.201. The maximum Gasteiger partial charge on any atom is 0.274 e. The zero-order valence-electron chi connectivity index (χ0n) is 15.5. The van der Waals surface area contributed by atoms with Crippen molar-refractivity contribution in [3.05, 3.63) is 27.0 Å². The Morgan fingerprint density at radius 2 is 1.96 bits per heavy atom. The molecule has 8 heteroatoms. The van der Waals surface area contributed by atoms with E-state index in [0.29, 0.717) is 11.7 Å². The number of aryl methyl sites for hydroxylation is 2. The lowest BCUT2D eigenvalue weighted by Crippen LogP contribution is -2.41. The van der Waals surface area contributed by atoms with Crippen LogP contribution in [0.2, 0.25) is 0 Å². The van der Waals surface area contributed by atoms with Crippen LogP contribution < -0.4 is 10.6 Å². The van der Waals surface area contributed by atoms with Crippen LogP contribution in [0.5, 0.6) is 0 Å². The number of rotatable bonds is 4. The van der Waals surface area contributed by atoms with Crippen LogP contribution >= 0.6 is 11.3 Å². The molecule has 3 rings (SSSR count). The first-order valence-electron chi connectivity index (χ1n) is 8.69. The normalized spacial score (nSPS) is 16.2. The van der Waals surface area contributed by atoms with Gasteiger partial charge in [-0.05, 0) is 60.5 Å². The highest BCUT2D eigenvalue weighted by molar-refractivity contribution is 7.11. The molecule has 1 aliphatic rings. The lowest BCUT2D eigenvalue weighted by atomic mass is 10.1. The average Bonchev–Trinajstić information content (AvgIpc) is 3.11. The first kappa shape index (κ1) is 18.0. The summed E-state index contributed by atoms with van der Waals surface area (Å²) in [4.78, 5) is 18.5. The second kappa shape index (κ2) is 6.84. The summed E-state index contributed by atoms with van der Waals surface area (Å²) in [6, 6.07) is 0.313. The Hall–Kier alpha value is -1.80. The van der Waals surface area contributed by atoms with Crippen LogP contribution in [-0.2, 0) is 5.54 Å². The van der Waals surface area contributed by atoms with Crippen molar-refractivity contribution in [3.63, 3.8) is 0 Å². The molecule has 0 spiro atoms. The van der Waals surface area contributed by atoms with Gasteiger partial charge < -0.3 is 10.6 Å². The molecule has 0 unspecified atom stereocenters. The van der Waals surface area contributed by atoms with Gasteiger partial charge >= 0.3 is 0 Å². The summed E-state index contributed by atoms with van der Waals surface area (Å²) in [5, 5.41) is 15.7. The second-order valence-electron chi connectivity index (χ2n) is 7.19. The summed E-state index contributed by atoms with van der Waals surface area (Å²) in [6.45, 7) is 11.8. The molecule has 1 saturated heterocycles. The van der Waals surface area contributed by atoms with E-state index >= 15 is 0 Å². The molecule has 0 bridgehead atoms. The van der Waals surface area contributed by atoms with Gasteiger partial charge in [-0.3, -0.25) is 4.79 Å². The average molecular weight is 363 g/mol. The molecule has 2 N–H and O–H groups in total. The van der Waals surface area contributed by atoms with Crippen molar-refractivity contribution in [2.24, 2.45) is 0 Å². The van der Waals surface area contributed by atoms with Gasteiger partial charge in [0.2, 0.25) is 0 Å². The molecule has 2 aromatic heterocycles. The molecule has 0 aliphatic carbocycles. The first-order valence-corrected chi connectivity index (χ1v) is 9.51. The number of piperidine rings is 1. The van der Waals surface area contributed by atoms with Crippen molar-refractivity contribution in [1.29, 1.82) is 0 Å². The molecule has 2 aromatic rings. The molecule has 1 fully saturated rings. The molecule has 0 atom stereocenters. The van der Waals surface area contributed by atoms with Crippen LogP contribution in [0.15, 0.2) is 0 Å². The fourth-order valence-corrected chi connectivity index (χ4v) is 4.06. The second-order valence-corrected chi connectivity index (χ2v) is 8.39. The van der Waals surface area contributed by atoms with Crippen molar-refractivity contribution in [2.45, 2.75) is 59.0 Å². The summed E-state index contributed by atoms with van der Waals surface area (Å²) < 4.78 is 1.90. The Morgan fingerprint density at radius 3 is 2.56 bits per heavy atom. The van der Waals surface area contributed by atoms with Crippen LogP contribution in [0, 0.1) is 20.8 Å². The smallest absolute Gasteiger partial charge is 0.274 e. The van der Waals surface area contributed by atoms with E-state index < -0.39 is 5.54 Å². The van der Waals surface area contributed by atoms with Crippen molar-refractivity contribution in [1.82, 2.24) is 30.6 Å². The molecule has 0 radical (unpaired) electrons. The Bertz CT molecular complexity index is 753. The van der Waals surface area contributed by atoms with Gasteiger partial charge in [-0.15, -0.1) is 16.4 Å². The third-order valence-electron chi connectivity index (χ3n) is 4.79. The fraction of sp³-hybridized carbons (Fsp3) is 0.647. The molecule has 136 valence electrons. The maximum absolute atomic E-state index is 12.8. The highest BCUT2D eigenvalue weighted by Gasteiger charge is 2.30. The van der Waals surface area contributed by atoms with E-state index in [4.69, 9.17) is 0 Å². The number of hydrogen-bond acceptors (Lipinski definition) is 6. The topological polar surface area (TPSA) is 84.7 Å². The van der Waals surface area contributed by atoms with E-state index in [0.717, 1.165) is 42.3 Å². The van der Waals surface area contributed by atoms with Crippen LogP contribution in [0.1, 0.15) is 64.5 Å². The van der Waals surface area contributed by atoms with Gasteiger partial charge in [0.05, 0.1) is 23.0 Å². The molecular formula is C17H26N6OS. The summed E-state index contributed by atoms with van der Waals surface area (Å²) >= 11 is 1.62. The van der Waals surface area contributed by atoms with E-state index in [2.05, 4.69) is 25.9 Å². The number of nitrogens with one attached hydrogen (secondary N) is 2.